The first-order valence-electron chi connectivity index (χ1n) is 4.99. The Bertz CT molecular complexity index is 482. The largest absolute Gasteiger partial charge is 0.325 e. The van der Waals surface area contributed by atoms with Gasteiger partial charge in [-0.1, -0.05) is 40.8 Å². The van der Waals surface area contributed by atoms with Gasteiger partial charge in [0, 0.05) is 5.69 Å². The monoisotopic (exact) mass is 265 g/mol. The van der Waals surface area contributed by atoms with Gasteiger partial charge in [-0.25, -0.2) is 0 Å². The zero-order valence-electron chi connectivity index (χ0n) is 9.21. The minimum Gasteiger partial charge on any atom is -0.325 e. The summed E-state index contributed by atoms with van der Waals surface area (Å²) in [5, 5.41) is 10.4. The summed E-state index contributed by atoms with van der Waals surface area (Å²) >= 11 is 2.82. The van der Waals surface area contributed by atoms with Crippen LogP contribution < -0.4 is 5.32 Å². The summed E-state index contributed by atoms with van der Waals surface area (Å²) in [6.45, 7) is 2.01. The van der Waals surface area contributed by atoms with E-state index in [1.807, 2.05) is 31.2 Å². The van der Waals surface area contributed by atoms with Gasteiger partial charge in [-0.3, -0.25) is 4.79 Å². The lowest BCUT2D eigenvalue weighted by atomic mass is 10.2. The number of hydrogen-bond donors (Lipinski definition) is 1. The molecule has 6 heteroatoms. The molecule has 1 N–H and O–H groups in total. The molecule has 2 rings (SSSR count). The highest BCUT2D eigenvalue weighted by atomic mass is 32.2. The number of hydrogen-bond acceptors (Lipinski definition) is 5. The van der Waals surface area contributed by atoms with Crippen LogP contribution in [0.25, 0.3) is 0 Å². The van der Waals surface area contributed by atoms with Crippen molar-refractivity contribution in [3.63, 3.8) is 0 Å². The van der Waals surface area contributed by atoms with Gasteiger partial charge in [0.2, 0.25) is 5.91 Å². The van der Waals surface area contributed by atoms with E-state index in [2.05, 4.69) is 15.5 Å². The topological polar surface area (TPSA) is 54.9 Å². The number of aromatic nitrogens is 2. The normalized spacial score (nSPS) is 10.2. The lowest BCUT2D eigenvalue weighted by molar-refractivity contribution is -0.113. The summed E-state index contributed by atoms with van der Waals surface area (Å²) < 4.78 is 0.809. The Morgan fingerprint density at radius 1 is 1.41 bits per heavy atom. The van der Waals surface area contributed by atoms with Gasteiger partial charge < -0.3 is 5.32 Å². The van der Waals surface area contributed by atoms with Crippen molar-refractivity contribution in [1.82, 2.24) is 10.2 Å². The van der Waals surface area contributed by atoms with Crippen LogP contribution in [0.3, 0.4) is 0 Å². The first-order valence-corrected chi connectivity index (χ1v) is 6.86. The number of anilines is 1. The van der Waals surface area contributed by atoms with Crippen molar-refractivity contribution in [2.75, 3.05) is 11.1 Å². The first kappa shape index (κ1) is 12.1. The van der Waals surface area contributed by atoms with Crippen LogP contribution in [0.15, 0.2) is 34.1 Å². The number of aryl methyl sites for hydroxylation is 1. The summed E-state index contributed by atoms with van der Waals surface area (Å²) in [5.74, 6) is 0.317. The number of benzene rings is 1. The van der Waals surface area contributed by atoms with E-state index in [9.17, 15) is 4.79 Å². The van der Waals surface area contributed by atoms with Crippen molar-refractivity contribution in [2.24, 2.45) is 0 Å². The van der Waals surface area contributed by atoms with Crippen LogP contribution in [-0.2, 0) is 4.79 Å². The molecule has 4 nitrogen and oxygen atoms in total. The Morgan fingerprint density at radius 2 is 2.18 bits per heavy atom. The lowest BCUT2D eigenvalue weighted by Gasteiger charge is -2.04. The van der Waals surface area contributed by atoms with Gasteiger partial charge in [0.25, 0.3) is 0 Å². The lowest BCUT2D eigenvalue weighted by Crippen LogP contribution is -2.13. The van der Waals surface area contributed by atoms with Crippen LogP contribution >= 0.6 is 23.1 Å². The van der Waals surface area contributed by atoms with E-state index >= 15 is 0 Å². The van der Waals surface area contributed by atoms with E-state index in [1.54, 1.807) is 5.51 Å². The van der Waals surface area contributed by atoms with Crippen LogP contribution in [-0.4, -0.2) is 21.9 Å². The predicted octanol–water partition coefficient (Wildman–Crippen LogP) is 2.58. The quantitative estimate of drug-likeness (QED) is 0.863. The minimum atomic E-state index is -0.0333. The third-order valence-electron chi connectivity index (χ3n) is 2.00. The average molecular weight is 265 g/mol. The van der Waals surface area contributed by atoms with Gasteiger partial charge in [0.15, 0.2) is 4.34 Å². The molecule has 17 heavy (non-hydrogen) atoms. The third kappa shape index (κ3) is 3.83. The highest BCUT2D eigenvalue weighted by Crippen LogP contribution is 2.19. The van der Waals surface area contributed by atoms with E-state index in [-0.39, 0.29) is 5.91 Å². The van der Waals surface area contributed by atoms with Gasteiger partial charge in [0.1, 0.15) is 5.51 Å². The molecule has 0 aliphatic heterocycles. The fourth-order valence-corrected chi connectivity index (χ4v) is 2.48. The molecule has 0 spiro atoms. The summed E-state index contributed by atoms with van der Waals surface area (Å²) in [5.41, 5.74) is 3.64. The smallest absolute Gasteiger partial charge is 0.234 e. The second-order valence-electron chi connectivity index (χ2n) is 3.41. The number of rotatable bonds is 4. The maximum atomic E-state index is 11.6. The Hall–Kier alpha value is -1.40. The molecular formula is C11H11N3OS2. The molecule has 0 bridgehead atoms. The van der Waals surface area contributed by atoms with Crippen LogP contribution in [0.2, 0.25) is 0 Å². The first-order chi connectivity index (χ1) is 8.24. The second kappa shape index (κ2) is 5.79. The molecule has 1 aromatic carbocycles. The highest BCUT2D eigenvalue weighted by molar-refractivity contribution is 8.01. The molecule has 2 aromatic rings. The standard InChI is InChI=1S/C11H11N3OS2/c1-8-2-4-9(5-3-8)13-10(15)6-16-11-14-12-7-17-11/h2-5,7H,6H2,1H3,(H,13,15). The van der Waals surface area contributed by atoms with Gasteiger partial charge >= 0.3 is 0 Å². The predicted molar refractivity (Wildman–Crippen MR) is 70.4 cm³/mol. The maximum Gasteiger partial charge on any atom is 0.234 e. The Balaban J connectivity index is 1.83. The van der Waals surface area contributed by atoms with Crippen molar-refractivity contribution in [2.45, 2.75) is 11.3 Å². The molecule has 0 saturated carbocycles. The Labute approximate surface area is 107 Å². The van der Waals surface area contributed by atoms with Gasteiger partial charge in [-0.05, 0) is 19.1 Å². The third-order valence-corrected chi connectivity index (χ3v) is 3.86. The van der Waals surface area contributed by atoms with Crippen LogP contribution in [0.5, 0.6) is 0 Å². The molecule has 0 unspecified atom stereocenters. The number of nitrogens with one attached hydrogen (secondary N) is 1. The van der Waals surface area contributed by atoms with Gasteiger partial charge in [-0.2, -0.15) is 0 Å². The fraction of sp³-hybridized carbons (Fsp3) is 0.182. The van der Waals surface area contributed by atoms with Crippen molar-refractivity contribution in [3.05, 3.63) is 35.3 Å². The molecule has 0 aliphatic carbocycles. The Kier molecular flexibility index (Phi) is 4.11. The van der Waals surface area contributed by atoms with E-state index in [0.29, 0.717) is 5.75 Å². The molecular weight excluding hydrogens is 254 g/mol. The molecule has 1 amide bonds. The summed E-state index contributed by atoms with van der Waals surface area (Å²) in [6, 6.07) is 7.71. The van der Waals surface area contributed by atoms with Crippen molar-refractivity contribution in [3.8, 4) is 0 Å². The van der Waals surface area contributed by atoms with E-state index in [4.69, 9.17) is 0 Å². The van der Waals surface area contributed by atoms with E-state index < -0.39 is 0 Å². The zero-order valence-corrected chi connectivity index (χ0v) is 10.8. The summed E-state index contributed by atoms with van der Waals surface area (Å²) in [6.07, 6.45) is 0. The Morgan fingerprint density at radius 3 is 2.82 bits per heavy atom. The van der Waals surface area contributed by atoms with Crippen LogP contribution in [0, 0.1) is 6.92 Å². The van der Waals surface area contributed by atoms with Crippen molar-refractivity contribution < 1.29 is 4.79 Å². The fourth-order valence-electron chi connectivity index (χ4n) is 1.19. The number of nitrogens with zero attached hydrogens (tertiary/aromatic N) is 2. The molecule has 0 atom stereocenters. The molecule has 88 valence electrons. The minimum absolute atomic E-state index is 0.0333. The second-order valence-corrected chi connectivity index (χ2v) is 5.46. The maximum absolute atomic E-state index is 11.6. The molecule has 0 saturated heterocycles. The number of amides is 1. The highest BCUT2D eigenvalue weighted by Gasteiger charge is 2.05. The van der Waals surface area contributed by atoms with E-state index in [1.165, 1.54) is 28.7 Å². The number of carbonyl (C=O) groups is 1. The number of thioether (sulfide) groups is 1. The molecule has 0 radical (unpaired) electrons. The molecule has 0 fully saturated rings. The van der Waals surface area contributed by atoms with Crippen molar-refractivity contribution in [1.29, 1.82) is 0 Å². The zero-order chi connectivity index (χ0) is 12.1. The molecule has 0 aliphatic rings. The summed E-state index contributed by atoms with van der Waals surface area (Å²) in [7, 11) is 0. The van der Waals surface area contributed by atoms with Crippen molar-refractivity contribution >= 4 is 34.7 Å². The van der Waals surface area contributed by atoms with Crippen LogP contribution in [0.4, 0.5) is 5.69 Å². The molecule has 1 aromatic heterocycles. The SMILES string of the molecule is Cc1ccc(NC(=O)CSc2nncs2)cc1. The molecule has 1 heterocycles. The summed E-state index contributed by atoms with van der Waals surface area (Å²) in [4.78, 5) is 11.6. The van der Waals surface area contributed by atoms with Gasteiger partial charge in [0.05, 0.1) is 5.75 Å². The van der Waals surface area contributed by atoms with Gasteiger partial charge in [-0.15, -0.1) is 10.2 Å². The number of carbonyl (C=O) groups excluding carboxylic acids is 1. The van der Waals surface area contributed by atoms with Crippen LogP contribution in [0.1, 0.15) is 5.56 Å². The van der Waals surface area contributed by atoms with E-state index in [0.717, 1.165) is 10.0 Å². The average Bonchev–Trinajstić information content (AvgIpc) is 2.83.